The summed E-state index contributed by atoms with van der Waals surface area (Å²) in [5.74, 6) is -0.849. The number of hydrogen-bond donors (Lipinski definition) is 4. The smallest absolute Gasteiger partial charge is 0.306 e. The van der Waals surface area contributed by atoms with Crippen LogP contribution in [0.2, 0.25) is 0 Å². The third kappa shape index (κ3) is 11.9. The molecule has 0 bridgehead atoms. The van der Waals surface area contributed by atoms with Crippen molar-refractivity contribution in [3.63, 3.8) is 0 Å². The van der Waals surface area contributed by atoms with Crippen LogP contribution >= 0.6 is 0 Å². The van der Waals surface area contributed by atoms with Gasteiger partial charge in [-0.05, 0) is 12.8 Å². The Bertz CT molecular complexity index is 556. The summed E-state index contributed by atoms with van der Waals surface area (Å²) in [7, 11) is 0. The molecule has 1 aliphatic heterocycles. The maximum atomic E-state index is 12.2. The zero-order valence-electron chi connectivity index (χ0n) is 20.6. The molecular formula is C24H44O10. The Labute approximate surface area is 202 Å². The molecule has 34 heavy (non-hydrogen) atoms. The minimum Gasteiger partial charge on any atom is -0.462 e. The molecule has 0 aromatic carbocycles. The summed E-state index contributed by atoms with van der Waals surface area (Å²) in [6.45, 7) is 3.09. The summed E-state index contributed by atoms with van der Waals surface area (Å²) in [6.07, 6.45) is 1.17. The molecule has 0 saturated carbocycles. The number of unbranched alkanes of at least 4 members (excludes halogenated alkanes) is 7. The van der Waals surface area contributed by atoms with Gasteiger partial charge in [-0.3, -0.25) is 9.59 Å². The van der Waals surface area contributed by atoms with Crippen molar-refractivity contribution in [2.24, 2.45) is 0 Å². The van der Waals surface area contributed by atoms with Crippen LogP contribution in [0.25, 0.3) is 0 Å². The van der Waals surface area contributed by atoms with Crippen LogP contribution in [0.4, 0.5) is 0 Å². The lowest BCUT2D eigenvalue weighted by molar-refractivity contribution is -0.305. The van der Waals surface area contributed by atoms with Crippen molar-refractivity contribution >= 4 is 11.9 Å². The molecule has 1 aliphatic rings. The summed E-state index contributed by atoms with van der Waals surface area (Å²) in [6, 6.07) is 0. The van der Waals surface area contributed by atoms with E-state index in [1.54, 1.807) is 0 Å². The molecule has 1 fully saturated rings. The van der Waals surface area contributed by atoms with Crippen LogP contribution in [0.1, 0.15) is 84.5 Å². The zero-order valence-corrected chi connectivity index (χ0v) is 20.6. The molecule has 0 aliphatic carbocycles. The van der Waals surface area contributed by atoms with E-state index in [0.717, 1.165) is 44.9 Å². The van der Waals surface area contributed by atoms with E-state index in [-0.39, 0.29) is 26.1 Å². The summed E-state index contributed by atoms with van der Waals surface area (Å²) in [5.41, 5.74) is 0. The van der Waals surface area contributed by atoms with Gasteiger partial charge in [-0.1, -0.05) is 58.8 Å². The Kier molecular flexibility index (Phi) is 16.3. The molecule has 10 heteroatoms. The molecule has 10 nitrogen and oxygen atoms in total. The van der Waals surface area contributed by atoms with Crippen molar-refractivity contribution in [3.8, 4) is 0 Å². The molecule has 0 spiro atoms. The molecular weight excluding hydrogens is 448 g/mol. The average Bonchev–Trinajstić information content (AvgIpc) is 2.82. The van der Waals surface area contributed by atoms with Gasteiger partial charge in [0.25, 0.3) is 0 Å². The summed E-state index contributed by atoms with van der Waals surface area (Å²) in [4.78, 5) is 24.3. The fourth-order valence-corrected chi connectivity index (χ4v) is 3.60. The molecule has 1 heterocycles. The van der Waals surface area contributed by atoms with Crippen LogP contribution in [0, 0.1) is 0 Å². The van der Waals surface area contributed by atoms with Crippen molar-refractivity contribution in [2.45, 2.75) is 121 Å². The molecule has 0 radical (unpaired) electrons. The second-order valence-electron chi connectivity index (χ2n) is 8.80. The molecule has 0 aromatic heterocycles. The first kappa shape index (κ1) is 30.7. The number of carbonyl (C=O) groups is 2. The number of rotatable bonds is 18. The molecule has 0 amide bonds. The SMILES string of the molecule is CCCCCCCCC(=O)OC[C@H](CO[C@@H]1O[C@H](CO)[C@H](O)[C@H](O)[C@H]1O)OC(=O)CCCCC. The first-order chi connectivity index (χ1) is 16.3. The maximum Gasteiger partial charge on any atom is 0.306 e. The number of esters is 2. The highest BCUT2D eigenvalue weighted by Crippen LogP contribution is 2.22. The first-order valence-electron chi connectivity index (χ1n) is 12.6. The number of aliphatic hydroxyl groups excluding tert-OH is 4. The van der Waals surface area contributed by atoms with Gasteiger partial charge in [-0.2, -0.15) is 0 Å². The highest BCUT2D eigenvalue weighted by molar-refractivity contribution is 5.70. The topological polar surface area (TPSA) is 152 Å². The van der Waals surface area contributed by atoms with Crippen LogP contribution in [-0.4, -0.2) is 89.0 Å². The average molecular weight is 493 g/mol. The number of hydrogen-bond acceptors (Lipinski definition) is 10. The lowest BCUT2D eigenvalue weighted by Gasteiger charge is -2.39. The fraction of sp³-hybridized carbons (Fsp3) is 0.917. The van der Waals surface area contributed by atoms with E-state index < -0.39 is 55.4 Å². The highest BCUT2D eigenvalue weighted by Gasteiger charge is 2.44. The Morgan fingerprint density at radius 3 is 2.06 bits per heavy atom. The third-order valence-electron chi connectivity index (χ3n) is 5.74. The molecule has 1 saturated heterocycles. The van der Waals surface area contributed by atoms with E-state index in [1.165, 1.54) is 6.42 Å². The van der Waals surface area contributed by atoms with Gasteiger partial charge in [0.05, 0.1) is 13.2 Å². The second-order valence-corrected chi connectivity index (χ2v) is 8.80. The third-order valence-corrected chi connectivity index (χ3v) is 5.74. The molecule has 0 unspecified atom stereocenters. The van der Waals surface area contributed by atoms with Gasteiger partial charge in [-0.25, -0.2) is 0 Å². The number of ether oxygens (including phenoxy) is 4. The van der Waals surface area contributed by atoms with Gasteiger partial charge in [0.15, 0.2) is 12.4 Å². The maximum absolute atomic E-state index is 12.2. The number of carbonyl (C=O) groups excluding carboxylic acids is 2. The number of aliphatic hydroxyl groups is 4. The van der Waals surface area contributed by atoms with Gasteiger partial charge >= 0.3 is 11.9 Å². The largest absolute Gasteiger partial charge is 0.462 e. The Morgan fingerprint density at radius 2 is 1.38 bits per heavy atom. The molecule has 0 aromatic rings. The molecule has 4 N–H and O–H groups in total. The lowest BCUT2D eigenvalue weighted by Crippen LogP contribution is -2.59. The quantitative estimate of drug-likeness (QED) is 0.164. The van der Waals surface area contributed by atoms with Gasteiger partial charge in [0.2, 0.25) is 0 Å². The van der Waals surface area contributed by atoms with Gasteiger partial charge in [0, 0.05) is 12.8 Å². The Hall–Kier alpha value is -1.30. The van der Waals surface area contributed by atoms with E-state index in [0.29, 0.717) is 6.42 Å². The predicted molar refractivity (Wildman–Crippen MR) is 123 cm³/mol. The summed E-state index contributed by atoms with van der Waals surface area (Å²) < 4.78 is 21.5. The van der Waals surface area contributed by atoms with Gasteiger partial charge in [0.1, 0.15) is 31.0 Å². The van der Waals surface area contributed by atoms with Crippen LogP contribution in [0.3, 0.4) is 0 Å². The Balaban J connectivity index is 2.56. The summed E-state index contributed by atoms with van der Waals surface area (Å²) >= 11 is 0. The van der Waals surface area contributed by atoms with Crippen LogP contribution < -0.4 is 0 Å². The zero-order chi connectivity index (χ0) is 25.3. The minimum absolute atomic E-state index is 0.217. The molecule has 200 valence electrons. The highest BCUT2D eigenvalue weighted by atomic mass is 16.7. The van der Waals surface area contributed by atoms with Crippen LogP contribution in [-0.2, 0) is 28.5 Å². The molecule has 1 rings (SSSR count). The minimum atomic E-state index is -1.58. The van der Waals surface area contributed by atoms with Crippen LogP contribution in [0.15, 0.2) is 0 Å². The molecule has 6 atom stereocenters. The van der Waals surface area contributed by atoms with Crippen molar-refractivity contribution in [1.82, 2.24) is 0 Å². The van der Waals surface area contributed by atoms with E-state index in [2.05, 4.69) is 6.92 Å². The standard InChI is InChI=1S/C24H44O10/c1-3-5-7-8-9-11-12-19(26)31-15-17(33-20(27)13-10-6-4-2)16-32-24-23(30)22(29)21(28)18(14-25)34-24/h17-18,21-25,28-30H,3-16H2,1-2H3/t17-,18-,21+,22+,23-,24-/m1/s1. The monoisotopic (exact) mass is 492 g/mol. The second kappa shape index (κ2) is 18.0. The van der Waals surface area contributed by atoms with Gasteiger partial charge < -0.3 is 39.4 Å². The van der Waals surface area contributed by atoms with Gasteiger partial charge in [-0.15, -0.1) is 0 Å². The van der Waals surface area contributed by atoms with Crippen molar-refractivity contribution in [3.05, 3.63) is 0 Å². The van der Waals surface area contributed by atoms with Crippen molar-refractivity contribution < 1.29 is 49.0 Å². The normalized spacial score (nSPS) is 25.6. The van der Waals surface area contributed by atoms with E-state index in [9.17, 15) is 30.0 Å². The van der Waals surface area contributed by atoms with Crippen molar-refractivity contribution in [1.29, 1.82) is 0 Å². The van der Waals surface area contributed by atoms with E-state index >= 15 is 0 Å². The predicted octanol–water partition coefficient (Wildman–Crippen LogP) is 1.59. The lowest BCUT2D eigenvalue weighted by atomic mass is 9.99. The van der Waals surface area contributed by atoms with Crippen LogP contribution in [0.5, 0.6) is 0 Å². The first-order valence-corrected chi connectivity index (χ1v) is 12.6. The van der Waals surface area contributed by atoms with Crippen molar-refractivity contribution in [2.75, 3.05) is 19.8 Å². The Morgan fingerprint density at radius 1 is 0.794 bits per heavy atom. The fourth-order valence-electron chi connectivity index (χ4n) is 3.60. The van der Waals surface area contributed by atoms with E-state index in [1.807, 2.05) is 6.92 Å². The van der Waals surface area contributed by atoms with E-state index in [4.69, 9.17) is 18.9 Å². The summed E-state index contributed by atoms with van der Waals surface area (Å²) in [5, 5.41) is 39.2.